The number of aliphatic hydroxyl groups is 8. The van der Waals surface area contributed by atoms with Crippen LogP contribution in [0.2, 0.25) is 0 Å². The molecule has 0 fully saturated rings. The number of ketones is 4. The summed E-state index contributed by atoms with van der Waals surface area (Å²) in [6.45, 7) is 31.3. The maximum atomic E-state index is 11.7. The first kappa shape index (κ1) is 87.7. The van der Waals surface area contributed by atoms with Crippen molar-refractivity contribution in [2.45, 2.75) is 175 Å². The first-order chi connectivity index (χ1) is 38.2. The van der Waals surface area contributed by atoms with Gasteiger partial charge in [0.1, 0.15) is 23.0 Å². The number of rotatable bonds is 21. The summed E-state index contributed by atoms with van der Waals surface area (Å²) in [5.41, 5.74) is 3.02. The van der Waals surface area contributed by atoms with Gasteiger partial charge in [-0.25, -0.2) is 9.78 Å². The molecule has 0 aliphatic carbocycles. The van der Waals surface area contributed by atoms with E-state index in [1.807, 2.05) is 64.1 Å². The summed E-state index contributed by atoms with van der Waals surface area (Å²) in [5.74, 6) is 0.307. The predicted molar refractivity (Wildman–Crippen MR) is 334 cm³/mol. The van der Waals surface area contributed by atoms with Crippen LogP contribution in [-0.4, -0.2) is 89.4 Å². The van der Waals surface area contributed by atoms with Gasteiger partial charge >= 0.3 is 0 Å². The van der Waals surface area contributed by atoms with Gasteiger partial charge in [-0.15, -0.1) is 0 Å². The first-order valence-corrected chi connectivity index (χ1v) is 28.1. The molecule has 0 saturated heterocycles. The number of carbonyl (C=O) groups excluding carboxylic acids is 4. The maximum Gasteiger partial charge on any atom is 0.164 e. The molecule has 4 aromatic rings. The van der Waals surface area contributed by atoms with Crippen LogP contribution < -0.4 is 0 Å². The van der Waals surface area contributed by atoms with Crippen molar-refractivity contribution in [3.05, 3.63) is 167 Å². The van der Waals surface area contributed by atoms with Crippen LogP contribution in [0.4, 0.5) is 0 Å². The van der Waals surface area contributed by atoms with Crippen molar-refractivity contribution in [1.82, 2.24) is 0 Å². The van der Waals surface area contributed by atoms with Crippen LogP contribution in [0.5, 0.6) is 0 Å². The van der Waals surface area contributed by atoms with E-state index in [4.69, 9.17) is 30.2 Å². The average Bonchev–Trinajstić information content (AvgIpc) is 3.56. The summed E-state index contributed by atoms with van der Waals surface area (Å²) in [6, 6.07) is 31.7. The third-order valence-electron chi connectivity index (χ3n) is 10.1. The second-order valence-corrected chi connectivity index (χ2v) is 22.5. The zero-order valence-electron chi connectivity index (χ0n) is 53.1. The molecule has 4 rings (SSSR count). The van der Waals surface area contributed by atoms with E-state index in [0.717, 1.165) is 50.0 Å². The zero-order chi connectivity index (χ0) is 63.4. The van der Waals surface area contributed by atoms with Gasteiger partial charge in [0.25, 0.3) is 0 Å². The molecule has 0 heterocycles. The molecule has 16 heteroatoms. The smallest absolute Gasteiger partial charge is 0.164 e. The van der Waals surface area contributed by atoms with Crippen molar-refractivity contribution in [2.75, 3.05) is 13.2 Å². The Bertz CT molecular complexity index is 2270. The largest absolute Gasteiger partial charge is 0.507 e. The van der Waals surface area contributed by atoms with Crippen molar-refractivity contribution in [1.29, 1.82) is 0 Å². The number of unbranched alkanes of at least 4 members (excludes halogenated alkanes) is 2. The Morgan fingerprint density at radius 2 is 0.667 bits per heavy atom. The van der Waals surface area contributed by atoms with Crippen molar-refractivity contribution >= 4 is 46.2 Å². The van der Waals surface area contributed by atoms with Gasteiger partial charge in [-0.3, -0.25) is 19.2 Å². The Balaban J connectivity index is -0.000000300. The molecule has 4 aromatic carbocycles. The van der Waals surface area contributed by atoms with Crippen LogP contribution in [0, 0.1) is 22.7 Å². The Morgan fingerprint density at radius 1 is 0.429 bits per heavy atom. The molecule has 466 valence electrons. The molecule has 0 unspecified atom stereocenters. The summed E-state index contributed by atoms with van der Waals surface area (Å²) < 4.78 is 0. The van der Waals surface area contributed by atoms with Gasteiger partial charge < -0.3 is 40.9 Å². The van der Waals surface area contributed by atoms with E-state index >= 15 is 0 Å². The van der Waals surface area contributed by atoms with Gasteiger partial charge in [-0.05, 0) is 63.5 Å². The minimum absolute atomic E-state index is 0. The van der Waals surface area contributed by atoms with Crippen LogP contribution >= 0.6 is 0 Å². The Morgan fingerprint density at radius 3 is 0.881 bits per heavy atom. The standard InChI is InChI=1S/2C14H18O3.2C13H16O2.C8H18O2.2C3H8O.2Ti/c2*1-14(2,3)13(17)8-12(16)11-6-4-10(9-15)5-7-11;2*1-10(2)8-12(14)9-13(15)11-6-4-3-5-7-11;1-3-5-7-9-10-8-6-4-2;2*1-3(2)4;;/h2*4-8,15-16H,9H2,1-3H3;2*3-7,9-10,15H,8H2,1-2H3;3-8H2,1-2H3;2*3-4H,1-2H3;;/b2*12-8-;2*13-9-;;;;;. The number of carbonyl (C=O) groups is 4. The third-order valence-corrected chi connectivity index (χ3v) is 10.1. The predicted octanol–water partition coefficient (Wildman–Crippen LogP) is 15.1. The normalized spacial score (nSPS) is 11.4. The molecule has 0 atom stereocenters. The Labute approximate surface area is 533 Å². The van der Waals surface area contributed by atoms with Crippen LogP contribution in [0.15, 0.2) is 133 Å². The Kier molecular flexibility index (Phi) is 53.4. The van der Waals surface area contributed by atoms with Crippen molar-refractivity contribution in [2.24, 2.45) is 22.7 Å². The molecule has 0 bridgehead atoms. The average molecular weight is 1240 g/mol. The monoisotopic (exact) mass is 1240 g/mol. The number of hydrogen-bond donors (Lipinski definition) is 8. The number of hydrogen-bond acceptors (Lipinski definition) is 14. The first-order valence-electron chi connectivity index (χ1n) is 28.1. The van der Waals surface area contributed by atoms with Crippen LogP contribution in [0.1, 0.15) is 183 Å². The van der Waals surface area contributed by atoms with Gasteiger partial charge in [0, 0.05) is 126 Å². The fraction of sp³-hybridized carbons (Fsp3) is 0.471. The van der Waals surface area contributed by atoms with Crippen LogP contribution in [0.3, 0.4) is 0 Å². The zero-order valence-corrected chi connectivity index (χ0v) is 56.2. The number of benzene rings is 4. The van der Waals surface area contributed by atoms with E-state index in [9.17, 15) is 39.6 Å². The quantitative estimate of drug-likeness (QED) is 0.00966. The topological polar surface area (TPSA) is 249 Å². The molecule has 14 nitrogen and oxygen atoms in total. The summed E-state index contributed by atoms with van der Waals surface area (Å²) >= 11 is 0. The van der Waals surface area contributed by atoms with E-state index in [2.05, 4.69) is 13.8 Å². The molecular weight excluding hydrogens is 1140 g/mol. The molecule has 0 amide bonds. The van der Waals surface area contributed by atoms with Gasteiger partial charge in [0.05, 0.1) is 26.4 Å². The van der Waals surface area contributed by atoms with E-state index in [1.54, 1.807) is 142 Å². The number of allylic oxidation sites excluding steroid dienone is 4. The van der Waals surface area contributed by atoms with Gasteiger partial charge in [-0.1, -0.05) is 205 Å². The van der Waals surface area contributed by atoms with E-state index in [-0.39, 0.29) is 115 Å². The minimum Gasteiger partial charge on any atom is -0.507 e. The molecule has 0 aliphatic heterocycles. The molecule has 0 saturated carbocycles. The molecule has 0 aliphatic rings. The second-order valence-electron chi connectivity index (χ2n) is 22.5. The van der Waals surface area contributed by atoms with Crippen LogP contribution in [0.25, 0.3) is 23.0 Å². The SMILES string of the molecule is CC(C)(C)C(=O)/C=C(\O)c1ccc(CO)cc1.CC(C)(C)C(=O)/C=C(\O)c1ccc(CO)cc1.CC(C)CC(=O)/C=C(\O)c1ccccc1.CC(C)CC(=O)/C=C(\O)c1ccccc1.CC(C)O.CC(C)O.CCCCOOCCCC.[Ti].[Ti]. The fourth-order valence-corrected chi connectivity index (χ4v) is 5.55. The van der Waals surface area contributed by atoms with Crippen molar-refractivity contribution in [3.63, 3.8) is 0 Å². The number of aliphatic hydroxyl groups excluding tert-OH is 8. The summed E-state index contributed by atoms with van der Waals surface area (Å²) in [4.78, 5) is 55.9. The molecule has 0 spiro atoms. The van der Waals surface area contributed by atoms with Gasteiger partial charge in [0.2, 0.25) is 0 Å². The third kappa shape index (κ3) is 50.3. The van der Waals surface area contributed by atoms with Gasteiger partial charge in [0.15, 0.2) is 23.1 Å². The second kappa shape index (κ2) is 51.2. The molecule has 0 radical (unpaired) electrons. The van der Waals surface area contributed by atoms with Gasteiger partial charge in [-0.2, -0.15) is 0 Å². The maximum absolute atomic E-state index is 11.7. The van der Waals surface area contributed by atoms with E-state index < -0.39 is 10.8 Å². The van der Waals surface area contributed by atoms with E-state index in [0.29, 0.717) is 46.9 Å². The molecular formula is C68H102O14Ti2. The van der Waals surface area contributed by atoms with E-state index in [1.165, 1.54) is 24.3 Å². The Hall–Kier alpha value is -5.09. The molecule has 8 N–H and O–H groups in total. The summed E-state index contributed by atoms with van der Waals surface area (Å²) in [6.07, 6.45) is 10.2. The summed E-state index contributed by atoms with van der Waals surface area (Å²) in [5, 5.41) is 72.8. The van der Waals surface area contributed by atoms with Crippen molar-refractivity contribution < 1.29 is 113 Å². The fourth-order valence-electron chi connectivity index (χ4n) is 5.55. The van der Waals surface area contributed by atoms with Crippen LogP contribution in [-0.2, 0) is 85.6 Å². The molecule has 84 heavy (non-hydrogen) atoms. The summed E-state index contributed by atoms with van der Waals surface area (Å²) in [7, 11) is 0. The van der Waals surface area contributed by atoms with Crippen molar-refractivity contribution in [3.8, 4) is 0 Å². The molecule has 0 aromatic heterocycles. The minimum atomic E-state index is -0.501.